The molecular weight excluding hydrogens is 156 g/mol. The molecule has 0 aromatic carbocycles. The number of hydrogen-bond donors (Lipinski definition) is 3. The van der Waals surface area contributed by atoms with Crippen LogP contribution < -0.4 is 17.0 Å². The zero-order valence-electron chi connectivity index (χ0n) is 6.45. The van der Waals surface area contributed by atoms with Gasteiger partial charge in [-0.05, 0) is 12.1 Å². The van der Waals surface area contributed by atoms with E-state index in [1.807, 2.05) is 5.43 Å². The van der Waals surface area contributed by atoms with Crippen molar-refractivity contribution in [3.63, 3.8) is 0 Å². The van der Waals surface area contributed by atoms with Crippen LogP contribution in [0.2, 0.25) is 0 Å². The van der Waals surface area contributed by atoms with E-state index in [1.54, 1.807) is 12.1 Å². The van der Waals surface area contributed by atoms with Gasteiger partial charge >= 0.3 is 0 Å². The van der Waals surface area contributed by atoms with Crippen LogP contribution in [0, 0.1) is 0 Å². The summed E-state index contributed by atoms with van der Waals surface area (Å²) in [5.41, 5.74) is 8.49. The number of pyridine rings is 1. The molecule has 0 spiro atoms. The number of carbonyl (C=O) groups excluding carboxylic acids is 1. The Labute approximate surface area is 69.7 Å². The third-order valence-corrected chi connectivity index (χ3v) is 1.42. The molecule has 0 saturated heterocycles. The number of aromatic nitrogens is 1. The van der Waals surface area contributed by atoms with Crippen molar-refractivity contribution in [1.82, 2.24) is 10.4 Å². The molecule has 1 heterocycles. The summed E-state index contributed by atoms with van der Waals surface area (Å²) in [5, 5.41) is 0. The van der Waals surface area contributed by atoms with Crippen LogP contribution in [0.4, 0.5) is 0 Å². The van der Waals surface area contributed by atoms with Gasteiger partial charge in [0.1, 0.15) is 0 Å². The third-order valence-electron chi connectivity index (χ3n) is 1.42. The van der Waals surface area contributed by atoms with Crippen molar-refractivity contribution in [3.8, 4) is 0 Å². The topological polar surface area (TPSA) is 94.0 Å². The van der Waals surface area contributed by atoms with E-state index >= 15 is 0 Å². The lowest BCUT2D eigenvalue weighted by Crippen LogP contribution is -2.30. The van der Waals surface area contributed by atoms with E-state index in [2.05, 4.69) is 4.98 Å². The maximum atomic E-state index is 11.0. The van der Waals surface area contributed by atoms with Gasteiger partial charge in [-0.2, -0.15) is 0 Å². The molecule has 0 saturated carbocycles. The van der Waals surface area contributed by atoms with E-state index in [9.17, 15) is 4.79 Å². The minimum Gasteiger partial charge on any atom is -0.325 e. The second-order valence-corrected chi connectivity index (χ2v) is 2.21. The van der Waals surface area contributed by atoms with Crippen LogP contribution in [-0.2, 0) is 6.54 Å². The highest BCUT2D eigenvalue weighted by molar-refractivity contribution is 5.93. The smallest absolute Gasteiger partial charge is 0.265 e. The predicted octanol–water partition coefficient (Wildman–Crippen LogP) is -0.856. The monoisotopic (exact) mass is 166 g/mol. The number of amides is 1. The van der Waals surface area contributed by atoms with Gasteiger partial charge in [-0.1, -0.05) is 0 Å². The molecule has 5 N–H and O–H groups in total. The summed E-state index contributed by atoms with van der Waals surface area (Å²) in [6, 6.07) is 3.17. The summed E-state index contributed by atoms with van der Waals surface area (Å²) in [7, 11) is 0. The van der Waals surface area contributed by atoms with Gasteiger partial charge in [0.05, 0.1) is 5.69 Å². The largest absolute Gasteiger partial charge is 0.325 e. The van der Waals surface area contributed by atoms with Crippen molar-refractivity contribution in [2.45, 2.75) is 6.54 Å². The minimum absolute atomic E-state index is 0.311. The van der Waals surface area contributed by atoms with E-state index in [-0.39, 0.29) is 5.91 Å². The molecule has 1 aromatic heterocycles. The van der Waals surface area contributed by atoms with Gasteiger partial charge < -0.3 is 5.73 Å². The highest BCUT2D eigenvalue weighted by Gasteiger charge is 2.02. The van der Waals surface area contributed by atoms with E-state index < -0.39 is 0 Å². The van der Waals surface area contributed by atoms with Crippen LogP contribution in [0.25, 0.3) is 0 Å². The van der Waals surface area contributed by atoms with Gasteiger partial charge in [-0.3, -0.25) is 15.2 Å². The van der Waals surface area contributed by atoms with Crippen LogP contribution in [0.1, 0.15) is 16.1 Å². The normalized spacial score (nSPS) is 9.50. The summed E-state index contributed by atoms with van der Waals surface area (Å²) in [5.74, 6) is 4.60. The molecule has 0 aliphatic carbocycles. The van der Waals surface area contributed by atoms with Crippen molar-refractivity contribution < 1.29 is 4.79 Å². The molecule has 0 atom stereocenters. The summed E-state index contributed by atoms with van der Waals surface area (Å²) in [6.07, 6.45) is 1.52. The quantitative estimate of drug-likeness (QED) is 0.303. The average Bonchev–Trinajstić information content (AvgIpc) is 2.17. The number of hydrazine groups is 1. The van der Waals surface area contributed by atoms with E-state index in [0.717, 1.165) is 0 Å². The van der Waals surface area contributed by atoms with Gasteiger partial charge in [0.2, 0.25) is 0 Å². The molecule has 64 valence electrons. The number of nitrogens with one attached hydrogen (secondary N) is 1. The standard InChI is InChI=1S/C7H10N4O/c8-4-6-3-5(1-2-10-6)7(12)11-9/h1-3H,4,8-9H2,(H,11,12). The first kappa shape index (κ1) is 8.63. The first-order chi connectivity index (χ1) is 5.77. The highest BCUT2D eigenvalue weighted by atomic mass is 16.2. The van der Waals surface area contributed by atoms with Crippen LogP contribution >= 0.6 is 0 Å². The first-order valence-corrected chi connectivity index (χ1v) is 3.44. The lowest BCUT2D eigenvalue weighted by atomic mass is 10.2. The van der Waals surface area contributed by atoms with Gasteiger partial charge in [0.15, 0.2) is 0 Å². The van der Waals surface area contributed by atoms with Gasteiger partial charge in [0, 0.05) is 18.3 Å². The lowest BCUT2D eigenvalue weighted by Gasteiger charge is -2.00. The zero-order chi connectivity index (χ0) is 8.97. The Kier molecular flexibility index (Phi) is 2.73. The van der Waals surface area contributed by atoms with Crippen molar-refractivity contribution in [1.29, 1.82) is 0 Å². The molecule has 0 unspecified atom stereocenters. The fraction of sp³-hybridized carbons (Fsp3) is 0.143. The van der Waals surface area contributed by atoms with Gasteiger partial charge in [-0.25, -0.2) is 5.84 Å². The Bertz CT molecular complexity index is 286. The zero-order valence-corrected chi connectivity index (χ0v) is 6.45. The maximum absolute atomic E-state index is 11.0. The Morgan fingerprint density at radius 3 is 3.00 bits per heavy atom. The van der Waals surface area contributed by atoms with E-state index in [1.165, 1.54) is 6.20 Å². The summed E-state index contributed by atoms with van der Waals surface area (Å²) < 4.78 is 0. The van der Waals surface area contributed by atoms with Crippen LogP contribution in [-0.4, -0.2) is 10.9 Å². The van der Waals surface area contributed by atoms with Gasteiger partial charge in [0.25, 0.3) is 5.91 Å². The molecule has 5 nitrogen and oxygen atoms in total. The number of nitrogens with zero attached hydrogens (tertiary/aromatic N) is 1. The van der Waals surface area contributed by atoms with Crippen LogP contribution in [0.5, 0.6) is 0 Å². The number of rotatable bonds is 2. The second kappa shape index (κ2) is 3.80. The van der Waals surface area contributed by atoms with Crippen LogP contribution in [0.15, 0.2) is 18.3 Å². The fourth-order valence-electron chi connectivity index (χ4n) is 0.814. The van der Waals surface area contributed by atoms with Crippen molar-refractivity contribution >= 4 is 5.91 Å². The molecular formula is C7H10N4O. The fourth-order valence-corrected chi connectivity index (χ4v) is 0.814. The molecule has 0 radical (unpaired) electrons. The Hall–Kier alpha value is -1.46. The molecule has 1 aromatic rings. The van der Waals surface area contributed by atoms with Crippen molar-refractivity contribution in [3.05, 3.63) is 29.6 Å². The van der Waals surface area contributed by atoms with Crippen molar-refractivity contribution in [2.75, 3.05) is 0 Å². The minimum atomic E-state index is -0.341. The number of hydrogen-bond acceptors (Lipinski definition) is 4. The lowest BCUT2D eigenvalue weighted by molar-refractivity contribution is 0.0953. The summed E-state index contributed by atoms with van der Waals surface area (Å²) in [4.78, 5) is 14.9. The molecule has 0 bridgehead atoms. The highest BCUT2D eigenvalue weighted by Crippen LogP contribution is 1.99. The summed E-state index contributed by atoms with van der Waals surface area (Å²) in [6.45, 7) is 0.311. The Balaban J connectivity index is 2.93. The maximum Gasteiger partial charge on any atom is 0.265 e. The van der Waals surface area contributed by atoms with E-state index in [0.29, 0.717) is 17.8 Å². The van der Waals surface area contributed by atoms with Crippen molar-refractivity contribution in [2.24, 2.45) is 11.6 Å². The molecule has 0 aliphatic rings. The average molecular weight is 166 g/mol. The number of nitrogen functional groups attached to an aromatic ring is 1. The SMILES string of the molecule is NCc1cc(C(=O)NN)ccn1. The molecule has 12 heavy (non-hydrogen) atoms. The molecule has 0 aliphatic heterocycles. The molecule has 1 amide bonds. The Morgan fingerprint density at radius 1 is 1.67 bits per heavy atom. The second-order valence-electron chi connectivity index (χ2n) is 2.21. The number of carbonyl (C=O) groups is 1. The molecule has 0 fully saturated rings. The Morgan fingerprint density at radius 2 is 2.42 bits per heavy atom. The predicted molar refractivity (Wildman–Crippen MR) is 43.8 cm³/mol. The first-order valence-electron chi connectivity index (χ1n) is 3.44. The third kappa shape index (κ3) is 1.77. The molecule has 5 heteroatoms. The summed E-state index contributed by atoms with van der Waals surface area (Å²) >= 11 is 0. The van der Waals surface area contributed by atoms with E-state index in [4.69, 9.17) is 11.6 Å². The number of nitrogens with two attached hydrogens (primary N) is 2. The van der Waals surface area contributed by atoms with Crippen LogP contribution in [0.3, 0.4) is 0 Å². The molecule has 1 rings (SSSR count). The van der Waals surface area contributed by atoms with Gasteiger partial charge in [-0.15, -0.1) is 0 Å².